The average Bonchev–Trinajstić information content (AvgIpc) is 2.59. The van der Waals surface area contributed by atoms with Gasteiger partial charge in [0, 0.05) is 23.4 Å². The van der Waals surface area contributed by atoms with Crippen molar-refractivity contribution in [3.05, 3.63) is 10.6 Å². The number of hydrogen-bond acceptors (Lipinski definition) is 3. The lowest BCUT2D eigenvalue weighted by Crippen LogP contribution is -2.33. The first kappa shape index (κ1) is 9.19. The quantitative estimate of drug-likeness (QED) is 0.606. The predicted octanol–water partition coefficient (Wildman–Crippen LogP) is 1.61. The van der Waals surface area contributed by atoms with E-state index in [4.69, 9.17) is 21.1 Å². The first-order valence-corrected chi connectivity index (χ1v) is 4.74. The molecule has 1 heterocycles. The van der Waals surface area contributed by atoms with E-state index < -0.39 is 5.79 Å². The first-order valence-electron chi connectivity index (χ1n) is 4.36. The molecule has 2 rings (SSSR count). The minimum Gasteiger partial charge on any atom is -0.347 e. The lowest BCUT2D eigenvalue weighted by Gasteiger charge is -2.31. The molecule has 0 saturated carbocycles. The molecule has 0 aromatic rings. The normalized spacial score (nSPS) is 26.8. The van der Waals surface area contributed by atoms with Gasteiger partial charge < -0.3 is 9.47 Å². The molecule has 0 atom stereocenters. The Bertz CT molecular complexity index is 254. The Balaban J connectivity index is 2.17. The lowest BCUT2D eigenvalue weighted by molar-refractivity contribution is -0.163. The van der Waals surface area contributed by atoms with Crippen LogP contribution in [0.4, 0.5) is 0 Å². The summed E-state index contributed by atoms with van der Waals surface area (Å²) < 4.78 is 11.0. The molecular weight excluding hydrogens is 192 g/mol. The van der Waals surface area contributed by atoms with Crippen molar-refractivity contribution in [2.45, 2.75) is 25.0 Å². The van der Waals surface area contributed by atoms with Crippen molar-refractivity contribution in [3.8, 4) is 0 Å². The van der Waals surface area contributed by atoms with Gasteiger partial charge in [-0.2, -0.15) is 0 Å². The fourth-order valence-electron chi connectivity index (χ4n) is 1.78. The molecule has 0 amide bonds. The molecule has 1 spiro atoms. The summed E-state index contributed by atoms with van der Waals surface area (Å²) in [6.07, 6.45) is 2.72. The zero-order chi connectivity index (χ0) is 9.31. The molecule has 0 aromatic carbocycles. The molecule has 72 valence electrons. The van der Waals surface area contributed by atoms with Crippen molar-refractivity contribution in [1.82, 2.24) is 0 Å². The van der Waals surface area contributed by atoms with Crippen LogP contribution in [0.5, 0.6) is 0 Å². The fraction of sp³-hybridized carbons (Fsp3) is 0.667. The van der Waals surface area contributed by atoms with Crippen molar-refractivity contribution < 1.29 is 14.3 Å². The van der Waals surface area contributed by atoms with Crippen molar-refractivity contribution in [3.63, 3.8) is 0 Å². The van der Waals surface area contributed by atoms with Gasteiger partial charge in [0.2, 0.25) is 0 Å². The van der Waals surface area contributed by atoms with Crippen LogP contribution in [0.3, 0.4) is 0 Å². The minimum atomic E-state index is -0.547. The van der Waals surface area contributed by atoms with Gasteiger partial charge in [-0.05, 0) is 6.42 Å². The van der Waals surface area contributed by atoms with Crippen LogP contribution in [0.25, 0.3) is 0 Å². The van der Waals surface area contributed by atoms with Crippen molar-refractivity contribution >= 4 is 17.9 Å². The number of carbonyl (C=O) groups is 1. The maximum absolute atomic E-state index is 10.7. The molecule has 3 nitrogen and oxygen atoms in total. The van der Waals surface area contributed by atoms with E-state index in [0.29, 0.717) is 36.7 Å². The molecule has 13 heavy (non-hydrogen) atoms. The van der Waals surface area contributed by atoms with E-state index in [-0.39, 0.29) is 0 Å². The van der Waals surface area contributed by atoms with Gasteiger partial charge in [0.05, 0.1) is 13.2 Å². The SMILES string of the molecule is O=CC1=C(Cl)CCC2(C1)OCCO2. The summed E-state index contributed by atoms with van der Waals surface area (Å²) >= 11 is 5.88. The van der Waals surface area contributed by atoms with E-state index in [1.807, 2.05) is 0 Å². The van der Waals surface area contributed by atoms with Crippen LogP contribution >= 0.6 is 11.6 Å². The molecule has 0 N–H and O–H groups in total. The second-order valence-electron chi connectivity index (χ2n) is 3.33. The molecular formula is C9H11ClO3. The number of ether oxygens (including phenoxy) is 2. The molecule has 0 bridgehead atoms. The Morgan fingerprint density at radius 2 is 2.08 bits per heavy atom. The fourth-order valence-corrected chi connectivity index (χ4v) is 1.99. The highest BCUT2D eigenvalue weighted by Gasteiger charge is 2.40. The Morgan fingerprint density at radius 3 is 2.69 bits per heavy atom. The van der Waals surface area contributed by atoms with Crippen LogP contribution in [-0.4, -0.2) is 25.3 Å². The van der Waals surface area contributed by atoms with Crippen LogP contribution in [-0.2, 0) is 14.3 Å². The second-order valence-corrected chi connectivity index (χ2v) is 3.79. The maximum atomic E-state index is 10.7. The molecule has 2 aliphatic rings. The second kappa shape index (κ2) is 3.40. The standard InChI is InChI=1S/C9H11ClO3/c10-8-1-2-9(5-7(8)6-11)12-3-4-13-9/h6H,1-5H2. The van der Waals surface area contributed by atoms with E-state index in [1.54, 1.807) is 0 Å². The monoisotopic (exact) mass is 202 g/mol. The first-order chi connectivity index (χ1) is 6.26. The van der Waals surface area contributed by atoms with E-state index >= 15 is 0 Å². The third-order valence-electron chi connectivity index (χ3n) is 2.49. The van der Waals surface area contributed by atoms with E-state index in [1.165, 1.54) is 0 Å². The van der Waals surface area contributed by atoms with Crippen LogP contribution in [0, 0.1) is 0 Å². The molecule has 1 aliphatic carbocycles. The number of carbonyl (C=O) groups excluding carboxylic acids is 1. The van der Waals surface area contributed by atoms with Gasteiger partial charge in [-0.3, -0.25) is 4.79 Å². The number of halogens is 1. The van der Waals surface area contributed by atoms with Gasteiger partial charge in [0.25, 0.3) is 0 Å². The zero-order valence-corrected chi connectivity index (χ0v) is 7.97. The van der Waals surface area contributed by atoms with Crippen LogP contribution in [0.1, 0.15) is 19.3 Å². The summed E-state index contributed by atoms with van der Waals surface area (Å²) in [6, 6.07) is 0. The summed E-state index contributed by atoms with van der Waals surface area (Å²) in [7, 11) is 0. The smallest absolute Gasteiger partial charge is 0.172 e. The summed E-state index contributed by atoms with van der Waals surface area (Å²) in [5, 5.41) is 0.653. The summed E-state index contributed by atoms with van der Waals surface area (Å²) in [6.45, 7) is 1.23. The average molecular weight is 203 g/mol. The van der Waals surface area contributed by atoms with Gasteiger partial charge in [-0.15, -0.1) is 0 Å². The van der Waals surface area contributed by atoms with Crippen molar-refractivity contribution in [2.24, 2.45) is 0 Å². The van der Waals surface area contributed by atoms with Crippen LogP contribution < -0.4 is 0 Å². The largest absolute Gasteiger partial charge is 0.347 e. The molecule has 4 heteroatoms. The Kier molecular flexibility index (Phi) is 2.41. The minimum absolute atomic E-state index is 0.495. The highest BCUT2D eigenvalue weighted by Crippen LogP contribution is 2.39. The van der Waals surface area contributed by atoms with Gasteiger partial charge in [0.1, 0.15) is 6.29 Å². The Hall–Kier alpha value is -0.380. The third kappa shape index (κ3) is 1.64. The van der Waals surface area contributed by atoms with E-state index in [9.17, 15) is 4.79 Å². The van der Waals surface area contributed by atoms with Crippen molar-refractivity contribution in [1.29, 1.82) is 0 Å². The Morgan fingerprint density at radius 1 is 1.38 bits per heavy atom. The highest BCUT2D eigenvalue weighted by molar-refractivity contribution is 6.31. The van der Waals surface area contributed by atoms with Gasteiger partial charge >= 0.3 is 0 Å². The van der Waals surface area contributed by atoms with Gasteiger partial charge in [-0.1, -0.05) is 11.6 Å². The van der Waals surface area contributed by atoms with Gasteiger partial charge in [0.15, 0.2) is 5.79 Å². The third-order valence-corrected chi connectivity index (χ3v) is 2.92. The molecule has 1 aliphatic heterocycles. The lowest BCUT2D eigenvalue weighted by atomic mass is 9.94. The Labute approximate surface area is 81.6 Å². The van der Waals surface area contributed by atoms with Crippen molar-refractivity contribution in [2.75, 3.05) is 13.2 Å². The molecule has 1 fully saturated rings. The van der Waals surface area contributed by atoms with E-state index in [0.717, 1.165) is 12.7 Å². The topological polar surface area (TPSA) is 35.5 Å². The molecule has 0 radical (unpaired) electrons. The van der Waals surface area contributed by atoms with Gasteiger partial charge in [-0.25, -0.2) is 0 Å². The number of aldehydes is 1. The summed E-state index contributed by atoms with van der Waals surface area (Å²) in [4.78, 5) is 10.7. The molecule has 0 aromatic heterocycles. The predicted molar refractivity (Wildman–Crippen MR) is 47.4 cm³/mol. The number of allylic oxidation sites excluding steroid dienone is 1. The maximum Gasteiger partial charge on any atom is 0.172 e. The number of rotatable bonds is 1. The zero-order valence-electron chi connectivity index (χ0n) is 7.22. The highest BCUT2D eigenvalue weighted by atomic mass is 35.5. The van der Waals surface area contributed by atoms with Crippen LogP contribution in [0.15, 0.2) is 10.6 Å². The van der Waals surface area contributed by atoms with E-state index in [2.05, 4.69) is 0 Å². The summed E-state index contributed by atoms with van der Waals surface area (Å²) in [5.74, 6) is -0.547. The molecule has 0 unspecified atom stereocenters. The number of hydrogen-bond donors (Lipinski definition) is 0. The van der Waals surface area contributed by atoms with Crippen LogP contribution in [0.2, 0.25) is 0 Å². The summed E-state index contributed by atoms with van der Waals surface area (Å²) in [5.41, 5.74) is 0.620. The molecule has 1 saturated heterocycles.